The molecule has 5 heteroatoms. The van der Waals surface area contributed by atoms with E-state index in [1.54, 1.807) is 13.8 Å². The zero-order valence-electron chi connectivity index (χ0n) is 17.2. The quantitative estimate of drug-likeness (QED) is 0.236. The first-order valence-corrected chi connectivity index (χ1v) is 11.0. The van der Waals surface area contributed by atoms with Crippen LogP contribution in [-0.2, 0) is 16.0 Å². The summed E-state index contributed by atoms with van der Waals surface area (Å²) in [5.74, 6) is 0.643. The molecule has 1 aromatic rings. The number of unbranched alkanes of at least 4 members (excludes halogenated alkanes) is 2. The first-order chi connectivity index (χ1) is 12.8. The van der Waals surface area contributed by atoms with Crippen molar-refractivity contribution in [2.75, 3.05) is 11.9 Å². The molecular formula is C22H31BrO4. The summed E-state index contributed by atoms with van der Waals surface area (Å²) in [7, 11) is 0. The average Bonchev–Trinajstić information content (AvgIpc) is 2.63. The zero-order chi connectivity index (χ0) is 20.2. The molecule has 0 fully saturated rings. The number of esters is 1. The van der Waals surface area contributed by atoms with Crippen LogP contribution < -0.4 is 4.74 Å². The van der Waals surface area contributed by atoms with E-state index in [4.69, 9.17) is 9.47 Å². The van der Waals surface area contributed by atoms with Crippen molar-refractivity contribution in [2.45, 2.75) is 78.7 Å². The van der Waals surface area contributed by atoms with Crippen molar-refractivity contribution in [2.24, 2.45) is 0 Å². The van der Waals surface area contributed by atoms with Gasteiger partial charge in [-0.25, -0.2) is 4.79 Å². The number of hydrogen-bond donors (Lipinski definition) is 0. The van der Waals surface area contributed by atoms with E-state index in [1.807, 2.05) is 20.8 Å². The van der Waals surface area contributed by atoms with Gasteiger partial charge in [0, 0.05) is 23.7 Å². The third-order valence-corrected chi connectivity index (χ3v) is 6.14. The molecule has 1 atom stereocenters. The van der Waals surface area contributed by atoms with Crippen LogP contribution in [0.25, 0.3) is 0 Å². The van der Waals surface area contributed by atoms with Gasteiger partial charge >= 0.3 is 5.97 Å². The first-order valence-electron chi connectivity index (χ1n) is 9.84. The molecule has 4 nitrogen and oxygen atoms in total. The van der Waals surface area contributed by atoms with Crippen LogP contribution in [0.4, 0.5) is 0 Å². The SMILES string of the molecule is CCOC(=O)C1(C)CCc2c(C)c(C(=O)CCCCCBr)c(C)c(C)c2O1. The lowest BCUT2D eigenvalue weighted by atomic mass is 9.83. The first kappa shape index (κ1) is 21.9. The molecule has 27 heavy (non-hydrogen) atoms. The number of hydrogen-bond acceptors (Lipinski definition) is 4. The van der Waals surface area contributed by atoms with Crippen LogP contribution in [0.15, 0.2) is 0 Å². The largest absolute Gasteiger partial charge is 0.475 e. The zero-order valence-corrected chi connectivity index (χ0v) is 18.8. The molecule has 1 heterocycles. The van der Waals surface area contributed by atoms with Crippen LogP contribution in [0.3, 0.4) is 0 Å². The van der Waals surface area contributed by atoms with E-state index in [1.165, 1.54) is 0 Å². The Bertz CT molecular complexity index is 726. The maximum absolute atomic E-state index is 12.9. The van der Waals surface area contributed by atoms with Gasteiger partial charge in [-0.05, 0) is 76.1 Å². The third kappa shape index (κ3) is 4.56. The maximum atomic E-state index is 12.9. The summed E-state index contributed by atoms with van der Waals surface area (Å²) in [6.07, 6.45) is 4.91. The number of Topliss-reactive ketones (excluding diaryl/α,β-unsaturated/α-hetero) is 1. The minimum atomic E-state index is -0.964. The normalized spacial score (nSPS) is 18.6. The molecular weight excluding hydrogens is 408 g/mol. The summed E-state index contributed by atoms with van der Waals surface area (Å²) < 4.78 is 11.4. The Balaban J connectivity index is 2.33. The second kappa shape index (κ2) is 9.22. The highest BCUT2D eigenvalue weighted by molar-refractivity contribution is 9.09. The molecule has 0 spiro atoms. The summed E-state index contributed by atoms with van der Waals surface area (Å²) in [6, 6.07) is 0. The summed E-state index contributed by atoms with van der Waals surface area (Å²) in [5.41, 5.74) is 3.86. The predicted octanol–water partition coefficient (Wildman–Crippen LogP) is 5.40. The van der Waals surface area contributed by atoms with Gasteiger partial charge in [0.2, 0.25) is 5.60 Å². The lowest BCUT2D eigenvalue weighted by molar-refractivity contribution is -0.161. The molecule has 150 valence electrons. The number of alkyl halides is 1. The van der Waals surface area contributed by atoms with Gasteiger partial charge in [0.1, 0.15) is 5.75 Å². The third-order valence-electron chi connectivity index (χ3n) is 5.58. The van der Waals surface area contributed by atoms with Gasteiger partial charge in [-0.2, -0.15) is 0 Å². The number of fused-ring (bicyclic) bond motifs is 1. The number of halogens is 1. The number of benzene rings is 1. The van der Waals surface area contributed by atoms with Crippen LogP contribution in [0.5, 0.6) is 5.75 Å². The number of rotatable bonds is 8. The molecule has 0 radical (unpaired) electrons. The predicted molar refractivity (Wildman–Crippen MR) is 111 cm³/mol. The summed E-state index contributed by atoms with van der Waals surface area (Å²) >= 11 is 3.43. The Morgan fingerprint density at radius 2 is 1.81 bits per heavy atom. The van der Waals surface area contributed by atoms with Gasteiger partial charge < -0.3 is 9.47 Å². The molecule has 0 N–H and O–H groups in total. The fourth-order valence-electron chi connectivity index (χ4n) is 3.79. The molecule has 0 amide bonds. The highest BCUT2D eigenvalue weighted by atomic mass is 79.9. The number of ether oxygens (including phenoxy) is 2. The molecule has 1 aromatic carbocycles. The second-order valence-electron chi connectivity index (χ2n) is 7.53. The monoisotopic (exact) mass is 438 g/mol. The maximum Gasteiger partial charge on any atom is 0.350 e. The lowest BCUT2D eigenvalue weighted by Gasteiger charge is -2.36. The lowest BCUT2D eigenvalue weighted by Crippen LogP contribution is -2.46. The highest BCUT2D eigenvalue weighted by Gasteiger charge is 2.42. The summed E-state index contributed by atoms with van der Waals surface area (Å²) in [4.78, 5) is 25.2. The van der Waals surface area contributed by atoms with Crippen LogP contribution in [0.2, 0.25) is 0 Å². The standard InChI is InChI=1S/C22H31BrO4/c1-6-26-21(25)22(5)12-11-17-16(4)19(14(2)15(3)20(17)27-22)18(24)10-8-7-9-13-23/h6-13H2,1-5H3. The molecule has 1 aliphatic rings. The van der Waals surface area contributed by atoms with E-state index in [0.29, 0.717) is 25.9 Å². The van der Waals surface area contributed by atoms with Crippen LogP contribution in [0, 0.1) is 20.8 Å². The number of ketones is 1. The molecule has 0 aromatic heterocycles. The van der Waals surface area contributed by atoms with E-state index in [-0.39, 0.29) is 11.8 Å². The molecule has 0 saturated heterocycles. The minimum Gasteiger partial charge on any atom is -0.475 e. The van der Waals surface area contributed by atoms with Crippen molar-refractivity contribution in [3.63, 3.8) is 0 Å². The fraction of sp³-hybridized carbons (Fsp3) is 0.636. The van der Waals surface area contributed by atoms with Gasteiger partial charge in [0.25, 0.3) is 0 Å². The van der Waals surface area contributed by atoms with Gasteiger partial charge in [-0.15, -0.1) is 0 Å². The van der Waals surface area contributed by atoms with Crippen molar-refractivity contribution >= 4 is 27.7 Å². The molecule has 1 aliphatic heterocycles. The van der Waals surface area contributed by atoms with Gasteiger partial charge in [0.05, 0.1) is 6.61 Å². The second-order valence-corrected chi connectivity index (χ2v) is 8.33. The molecule has 2 rings (SSSR count). The molecule has 0 bridgehead atoms. The Morgan fingerprint density at radius 3 is 2.44 bits per heavy atom. The van der Waals surface area contributed by atoms with Crippen molar-refractivity contribution in [1.82, 2.24) is 0 Å². The van der Waals surface area contributed by atoms with Crippen molar-refractivity contribution in [1.29, 1.82) is 0 Å². The van der Waals surface area contributed by atoms with E-state index in [9.17, 15) is 9.59 Å². The number of carbonyl (C=O) groups excluding carboxylic acids is 2. The van der Waals surface area contributed by atoms with Crippen molar-refractivity contribution in [3.8, 4) is 5.75 Å². The van der Waals surface area contributed by atoms with Crippen LogP contribution in [-0.4, -0.2) is 29.3 Å². The van der Waals surface area contributed by atoms with Crippen LogP contribution in [0.1, 0.15) is 78.6 Å². The summed E-state index contributed by atoms with van der Waals surface area (Å²) in [6.45, 7) is 9.89. The van der Waals surface area contributed by atoms with E-state index in [2.05, 4.69) is 15.9 Å². The average molecular weight is 439 g/mol. The smallest absolute Gasteiger partial charge is 0.350 e. The minimum absolute atomic E-state index is 0.212. The van der Waals surface area contributed by atoms with Crippen molar-refractivity contribution < 1.29 is 19.1 Å². The van der Waals surface area contributed by atoms with E-state index >= 15 is 0 Å². The Morgan fingerprint density at radius 1 is 1.11 bits per heavy atom. The molecule has 0 saturated carbocycles. The highest BCUT2D eigenvalue weighted by Crippen LogP contribution is 2.41. The Kier molecular flexibility index (Phi) is 7.49. The van der Waals surface area contributed by atoms with Crippen molar-refractivity contribution in [3.05, 3.63) is 27.8 Å². The Labute approximate surface area is 171 Å². The molecule has 0 aliphatic carbocycles. The topological polar surface area (TPSA) is 52.6 Å². The summed E-state index contributed by atoms with van der Waals surface area (Å²) in [5, 5.41) is 0.980. The molecule has 1 unspecified atom stereocenters. The number of carbonyl (C=O) groups is 2. The van der Waals surface area contributed by atoms with Gasteiger partial charge in [-0.1, -0.05) is 22.4 Å². The van der Waals surface area contributed by atoms with E-state index < -0.39 is 5.60 Å². The fourth-order valence-corrected chi connectivity index (χ4v) is 4.19. The van der Waals surface area contributed by atoms with Gasteiger partial charge in [0.15, 0.2) is 5.78 Å². The Hall–Kier alpha value is -1.36. The van der Waals surface area contributed by atoms with Gasteiger partial charge in [-0.3, -0.25) is 4.79 Å². The van der Waals surface area contributed by atoms with E-state index in [0.717, 1.165) is 58.2 Å². The van der Waals surface area contributed by atoms with Crippen LogP contribution >= 0.6 is 15.9 Å².